The summed E-state index contributed by atoms with van der Waals surface area (Å²) < 4.78 is 1.13. The number of hydrogen-bond acceptors (Lipinski definition) is 3. The SMILES string of the molecule is CC(C)CN(CCN(C)C)c1ccc(C(C)N)cc1Br. The van der Waals surface area contributed by atoms with Gasteiger partial charge in [-0.25, -0.2) is 0 Å². The number of rotatable bonds is 7. The van der Waals surface area contributed by atoms with E-state index in [2.05, 4.69) is 71.9 Å². The van der Waals surface area contributed by atoms with E-state index in [1.54, 1.807) is 0 Å². The summed E-state index contributed by atoms with van der Waals surface area (Å²) in [5.74, 6) is 0.636. The fourth-order valence-corrected chi connectivity index (χ4v) is 2.78. The average molecular weight is 342 g/mol. The number of hydrogen-bond donors (Lipinski definition) is 1. The number of likely N-dealkylation sites (N-methyl/N-ethyl adjacent to an activating group) is 1. The highest BCUT2D eigenvalue weighted by molar-refractivity contribution is 9.10. The third-order valence-electron chi connectivity index (χ3n) is 3.24. The van der Waals surface area contributed by atoms with E-state index in [1.807, 2.05) is 6.92 Å². The van der Waals surface area contributed by atoms with Gasteiger partial charge in [-0.05, 0) is 60.6 Å². The first kappa shape index (κ1) is 17.5. The van der Waals surface area contributed by atoms with Crippen molar-refractivity contribution < 1.29 is 0 Å². The fraction of sp³-hybridized carbons (Fsp3) is 0.625. The zero-order valence-electron chi connectivity index (χ0n) is 13.4. The normalized spacial score (nSPS) is 13.1. The molecule has 1 atom stereocenters. The Labute approximate surface area is 132 Å². The molecule has 0 aliphatic carbocycles. The Bertz CT molecular complexity index is 416. The topological polar surface area (TPSA) is 32.5 Å². The molecule has 0 amide bonds. The first-order chi connectivity index (χ1) is 9.31. The molecular formula is C16H28BrN3. The highest BCUT2D eigenvalue weighted by Gasteiger charge is 2.13. The largest absolute Gasteiger partial charge is 0.369 e. The first-order valence-electron chi connectivity index (χ1n) is 7.26. The van der Waals surface area contributed by atoms with Crippen LogP contribution in [0.1, 0.15) is 32.4 Å². The Morgan fingerprint density at radius 3 is 2.25 bits per heavy atom. The van der Waals surface area contributed by atoms with Crippen LogP contribution < -0.4 is 10.6 Å². The lowest BCUT2D eigenvalue weighted by atomic mass is 10.1. The quantitative estimate of drug-likeness (QED) is 0.823. The molecule has 0 aliphatic rings. The van der Waals surface area contributed by atoms with Crippen molar-refractivity contribution in [2.75, 3.05) is 38.6 Å². The monoisotopic (exact) mass is 341 g/mol. The second-order valence-electron chi connectivity index (χ2n) is 6.14. The third-order valence-corrected chi connectivity index (χ3v) is 3.88. The highest BCUT2D eigenvalue weighted by Crippen LogP contribution is 2.29. The van der Waals surface area contributed by atoms with Gasteiger partial charge in [0, 0.05) is 30.1 Å². The molecule has 1 unspecified atom stereocenters. The lowest BCUT2D eigenvalue weighted by Gasteiger charge is -2.29. The van der Waals surface area contributed by atoms with E-state index in [-0.39, 0.29) is 6.04 Å². The van der Waals surface area contributed by atoms with E-state index in [0.717, 1.165) is 29.7 Å². The molecule has 0 aliphatic heterocycles. The van der Waals surface area contributed by atoms with Gasteiger partial charge in [0.1, 0.15) is 0 Å². The van der Waals surface area contributed by atoms with Gasteiger partial charge in [-0.1, -0.05) is 19.9 Å². The first-order valence-corrected chi connectivity index (χ1v) is 8.05. The minimum Gasteiger partial charge on any atom is -0.369 e. The van der Waals surface area contributed by atoms with Crippen LogP contribution in [-0.2, 0) is 0 Å². The molecule has 0 spiro atoms. The van der Waals surface area contributed by atoms with Gasteiger partial charge >= 0.3 is 0 Å². The zero-order chi connectivity index (χ0) is 15.3. The molecule has 1 aromatic rings. The van der Waals surface area contributed by atoms with Gasteiger partial charge in [-0.15, -0.1) is 0 Å². The molecule has 114 valence electrons. The summed E-state index contributed by atoms with van der Waals surface area (Å²) in [7, 11) is 4.23. The van der Waals surface area contributed by atoms with Crippen molar-refractivity contribution in [3.8, 4) is 0 Å². The van der Waals surface area contributed by atoms with Gasteiger partial charge in [0.25, 0.3) is 0 Å². The molecule has 1 rings (SSSR count). The maximum absolute atomic E-state index is 5.95. The van der Waals surface area contributed by atoms with E-state index in [1.165, 1.54) is 5.69 Å². The molecule has 0 saturated heterocycles. The molecule has 0 radical (unpaired) electrons. The molecule has 0 heterocycles. The molecule has 3 nitrogen and oxygen atoms in total. The molecule has 0 bridgehead atoms. The number of halogens is 1. The summed E-state index contributed by atoms with van der Waals surface area (Å²) in [6.07, 6.45) is 0. The summed E-state index contributed by atoms with van der Waals surface area (Å²) in [4.78, 5) is 4.66. The molecular weight excluding hydrogens is 314 g/mol. The van der Waals surface area contributed by atoms with Crippen molar-refractivity contribution in [1.82, 2.24) is 4.90 Å². The van der Waals surface area contributed by atoms with E-state index < -0.39 is 0 Å². The maximum atomic E-state index is 5.95. The lowest BCUT2D eigenvalue weighted by Crippen LogP contribution is -2.34. The summed E-state index contributed by atoms with van der Waals surface area (Å²) >= 11 is 3.70. The van der Waals surface area contributed by atoms with E-state index in [4.69, 9.17) is 5.73 Å². The average Bonchev–Trinajstić information content (AvgIpc) is 2.33. The Balaban J connectivity index is 2.94. The molecule has 4 heteroatoms. The minimum atomic E-state index is 0.0701. The molecule has 0 aromatic heterocycles. The fourth-order valence-electron chi connectivity index (χ4n) is 2.13. The highest BCUT2D eigenvalue weighted by atomic mass is 79.9. The van der Waals surface area contributed by atoms with E-state index in [9.17, 15) is 0 Å². The van der Waals surface area contributed by atoms with Crippen LogP contribution in [0.25, 0.3) is 0 Å². The van der Waals surface area contributed by atoms with Gasteiger partial charge in [-0.2, -0.15) is 0 Å². The van der Waals surface area contributed by atoms with Gasteiger partial charge < -0.3 is 15.5 Å². The van der Waals surface area contributed by atoms with Gasteiger partial charge in [-0.3, -0.25) is 0 Å². The second kappa shape index (κ2) is 8.01. The maximum Gasteiger partial charge on any atom is 0.0511 e. The van der Waals surface area contributed by atoms with Crippen LogP contribution in [0.5, 0.6) is 0 Å². The Morgan fingerprint density at radius 1 is 1.15 bits per heavy atom. The van der Waals surface area contributed by atoms with Crippen LogP contribution in [0, 0.1) is 5.92 Å². The summed E-state index contributed by atoms with van der Waals surface area (Å²) in [6, 6.07) is 6.53. The Morgan fingerprint density at radius 2 is 1.80 bits per heavy atom. The lowest BCUT2D eigenvalue weighted by molar-refractivity contribution is 0.409. The summed E-state index contributed by atoms with van der Waals surface area (Å²) in [6.45, 7) is 9.67. The van der Waals surface area contributed by atoms with Crippen LogP contribution in [0.2, 0.25) is 0 Å². The smallest absolute Gasteiger partial charge is 0.0511 e. The summed E-state index contributed by atoms with van der Waals surface area (Å²) in [5, 5.41) is 0. The molecule has 2 N–H and O–H groups in total. The Kier molecular flexibility index (Phi) is 7.00. The number of benzene rings is 1. The van der Waals surface area contributed by atoms with Crippen molar-refractivity contribution in [2.45, 2.75) is 26.8 Å². The zero-order valence-corrected chi connectivity index (χ0v) is 14.9. The van der Waals surface area contributed by atoms with Crippen molar-refractivity contribution in [2.24, 2.45) is 11.7 Å². The predicted molar refractivity (Wildman–Crippen MR) is 92.3 cm³/mol. The minimum absolute atomic E-state index is 0.0701. The van der Waals surface area contributed by atoms with E-state index in [0.29, 0.717) is 5.92 Å². The molecule has 1 aromatic carbocycles. The van der Waals surface area contributed by atoms with Crippen molar-refractivity contribution in [3.63, 3.8) is 0 Å². The van der Waals surface area contributed by atoms with Crippen LogP contribution in [-0.4, -0.2) is 38.6 Å². The van der Waals surface area contributed by atoms with Crippen molar-refractivity contribution >= 4 is 21.6 Å². The van der Waals surface area contributed by atoms with E-state index >= 15 is 0 Å². The standard InChI is InChI=1S/C16H28BrN3/c1-12(2)11-20(9-8-19(4)5)16-7-6-14(13(3)18)10-15(16)17/h6-7,10,12-13H,8-9,11,18H2,1-5H3. The number of nitrogens with zero attached hydrogens (tertiary/aromatic N) is 2. The van der Waals surface area contributed by atoms with Crippen molar-refractivity contribution in [3.05, 3.63) is 28.2 Å². The van der Waals surface area contributed by atoms with Gasteiger partial charge in [0.15, 0.2) is 0 Å². The van der Waals surface area contributed by atoms with Crippen molar-refractivity contribution in [1.29, 1.82) is 0 Å². The molecule has 20 heavy (non-hydrogen) atoms. The van der Waals surface area contributed by atoms with Crippen LogP contribution in [0.15, 0.2) is 22.7 Å². The van der Waals surface area contributed by atoms with Crippen LogP contribution in [0.3, 0.4) is 0 Å². The summed E-state index contributed by atoms with van der Waals surface area (Å²) in [5.41, 5.74) is 8.37. The van der Waals surface area contributed by atoms with Gasteiger partial charge in [0.05, 0.1) is 5.69 Å². The molecule has 0 fully saturated rings. The number of nitrogens with two attached hydrogens (primary N) is 1. The third kappa shape index (κ3) is 5.43. The molecule has 0 saturated carbocycles. The second-order valence-corrected chi connectivity index (χ2v) is 7.00. The predicted octanol–water partition coefficient (Wildman–Crippen LogP) is 3.49. The van der Waals surface area contributed by atoms with Gasteiger partial charge in [0.2, 0.25) is 0 Å². The Hall–Kier alpha value is -0.580. The van der Waals surface area contributed by atoms with Crippen LogP contribution in [0.4, 0.5) is 5.69 Å². The van der Waals surface area contributed by atoms with Crippen LogP contribution >= 0.6 is 15.9 Å². The number of anilines is 1.